The van der Waals surface area contributed by atoms with Crippen LogP contribution in [0, 0.1) is 0 Å². The van der Waals surface area contributed by atoms with Crippen molar-refractivity contribution >= 4 is 11.8 Å². The first-order valence-corrected chi connectivity index (χ1v) is 7.85. The zero-order chi connectivity index (χ0) is 13.9. The van der Waals surface area contributed by atoms with Gasteiger partial charge in [-0.05, 0) is 36.4 Å². The van der Waals surface area contributed by atoms with Gasteiger partial charge in [0.25, 0.3) is 0 Å². The van der Waals surface area contributed by atoms with E-state index in [0.717, 1.165) is 11.5 Å². The second-order valence-corrected chi connectivity index (χ2v) is 6.06. The standard InChI is InChI=1S/C17H19NOS/c1-18-17(12-6-5-7-13(10-12)19-2)15-11-20-16-9-4-3-8-14(15)16/h3-10,15,17-18H,11H2,1-2H3. The smallest absolute Gasteiger partial charge is 0.119 e. The van der Waals surface area contributed by atoms with Crippen molar-refractivity contribution in [3.8, 4) is 5.75 Å². The number of likely N-dealkylation sites (N-methyl/N-ethyl adjacent to an activating group) is 1. The molecule has 2 aromatic rings. The summed E-state index contributed by atoms with van der Waals surface area (Å²) in [7, 11) is 3.75. The summed E-state index contributed by atoms with van der Waals surface area (Å²) in [5, 5.41) is 3.48. The topological polar surface area (TPSA) is 21.3 Å². The maximum Gasteiger partial charge on any atom is 0.119 e. The van der Waals surface area contributed by atoms with E-state index in [2.05, 4.69) is 47.8 Å². The number of nitrogens with one attached hydrogen (secondary N) is 1. The molecule has 1 aliphatic heterocycles. The summed E-state index contributed by atoms with van der Waals surface area (Å²) in [6, 6.07) is 17.4. The van der Waals surface area contributed by atoms with Gasteiger partial charge in [0.15, 0.2) is 0 Å². The Balaban J connectivity index is 1.95. The Morgan fingerprint density at radius 1 is 1.20 bits per heavy atom. The number of fused-ring (bicyclic) bond motifs is 1. The minimum atomic E-state index is 0.321. The van der Waals surface area contributed by atoms with Gasteiger partial charge in [-0.15, -0.1) is 11.8 Å². The van der Waals surface area contributed by atoms with Crippen LogP contribution in [0.3, 0.4) is 0 Å². The Morgan fingerprint density at radius 3 is 2.85 bits per heavy atom. The van der Waals surface area contributed by atoms with Crippen LogP contribution in [0.25, 0.3) is 0 Å². The minimum absolute atomic E-state index is 0.321. The number of hydrogen-bond acceptors (Lipinski definition) is 3. The molecule has 1 aliphatic rings. The molecule has 0 aliphatic carbocycles. The van der Waals surface area contributed by atoms with E-state index in [1.807, 2.05) is 24.9 Å². The van der Waals surface area contributed by atoms with Crippen LogP contribution in [0.4, 0.5) is 0 Å². The van der Waals surface area contributed by atoms with Crippen molar-refractivity contribution in [2.45, 2.75) is 16.9 Å². The van der Waals surface area contributed by atoms with Crippen LogP contribution in [0.2, 0.25) is 0 Å². The highest BCUT2D eigenvalue weighted by Gasteiger charge is 2.30. The van der Waals surface area contributed by atoms with Gasteiger partial charge in [-0.3, -0.25) is 0 Å². The van der Waals surface area contributed by atoms with Crippen LogP contribution < -0.4 is 10.1 Å². The summed E-state index contributed by atoms with van der Waals surface area (Å²) in [5.74, 6) is 2.55. The number of ether oxygens (including phenoxy) is 1. The summed E-state index contributed by atoms with van der Waals surface area (Å²) < 4.78 is 5.35. The van der Waals surface area contributed by atoms with E-state index >= 15 is 0 Å². The van der Waals surface area contributed by atoms with Crippen molar-refractivity contribution in [3.05, 3.63) is 59.7 Å². The lowest BCUT2D eigenvalue weighted by molar-refractivity contribution is 0.412. The first kappa shape index (κ1) is 13.5. The number of methoxy groups -OCH3 is 1. The van der Waals surface area contributed by atoms with Crippen LogP contribution in [0.5, 0.6) is 5.75 Å². The summed E-state index contributed by atoms with van der Waals surface area (Å²) >= 11 is 1.95. The van der Waals surface area contributed by atoms with E-state index in [1.54, 1.807) is 7.11 Å². The maximum atomic E-state index is 5.35. The van der Waals surface area contributed by atoms with Crippen molar-refractivity contribution in [3.63, 3.8) is 0 Å². The molecule has 0 bridgehead atoms. The van der Waals surface area contributed by atoms with Crippen LogP contribution in [-0.4, -0.2) is 19.9 Å². The Bertz CT molecular complexity index is 599. The Hall–Kier alpha value is -1.45. The molecule has 2 unspecified atom stereocenters. The molecule has 0 fully saturated rings. The molecule has 3 heteroatoms. The van der Waals surface area contributed by atoms with Crippen LogP contribution in [0.1, 0.15) is 23.1 Å². The third-order valence-corrected chi connectivity index (χ3v) is 5.11. The normalized spacial score (nSPS) is 18.6. The highest BCUT2D eigenvalue weighted by atomic mass is 32.2. The van der Waals surface area contributed by atoms with Crippen molar-refractivity contribution in [2.24, 2.45) is 0 Å². The van der Waals surface area contributed by atoms with Crippen LogP contribution in [-0.2, 0) is 0 Å². The van der Waals surface area contributed by atoms with Gasteiger partial charge in [0.05, 0.1) is 7.11 Å². The largest absolute Gasteiger partial charge is 0.497 e. The lowest BCUT2D eigenvalue weighted by atomic mass is 9.88. The van der Waals surface area contributed by atoms with Gasteiger partial charge in [0.1, 0.15) is 5.75 Å². The Kier molecular flexibility index (Phi) is 3.99. The molecular weight excluding hydrogens is 266 g/mol. The fraction of sp³-hybridized carbons (Fsp3) is 0.294. The fourth-order valence-electron chi connectivity index (χ4n) is 2.90. The molecule has 3 rings (SSSR count). The average molecular weight is 285 g/mol. The van der Waals surface area contributed by atoms with E-state index < -0.39 is 0 Å². The number of hydrogen-bond donors (Lipinski definition) is 1. The number of thioether (sulfide) groups is 1. The summed E-state index contributed by atoms with van der Waals surface area (Å²) in [6.07, 6.45) is 0. The quantitative estimate of drug-likeness (QED) is 0.922. The molecule has 0 saturated carbocycles. The lowest BCUT2D eigenvalue weighted by Crippen LogP contribution is -2.24. The van der Waals surface area contributed by atoms with Crippen molar-refractivity contribution in [1.82, 2.24) is 5.32 Å². The molecule has 0 radical (unpaired) electrons. The van der Waals surface area contributed by atoms with Gasteiger partial charge in [-0.1, -0.05) is 30.3 Å². The molecule has 0 saturated heterocycles. The molecule has 0 amide bonds. The first-order chi connectivity index (χ1) is 9.83. The predicted octanol–water partition coefficient (Wildman–Crippen LogP) is 3.85. The molecule has 1 heterocycles. The Labute approximate surface area is 124 Å². The second-order valence-electron chi connectivity index (χ2n) is 5.00. The number of benzene rings is 2. The monoisotopic (exact) mass is 285 g/mol. The predicted molar refractivity (Wildman–Crippen MR) is 84.7 cm³/mol. The van der Waals surface area contributed by atoms with Gasteiger partial charge in [-0.25, -0.2) is 0 Å². The molecule has 2 atom stereocenters. The van der Waals surface area contributed by atoms with Gasteiger partial charge in [0.2, 0.25) is 0 Å². The third kappa shape index (κ3) is 2.43. The summed E-state index contributed by atoms with van der Waals surface area (Å²) in [4.78, 5) is 1.42. The van der Waals surface area contributed by atoms with Crippen molar-refractivity contribution in [2.75, 3.05) is 19.9 Å². The molecule has 2 nitrogen and oxygen atoms in total. The molecule has 0 spiro atoms. The van der Waals surface area contributed by atoms with E-state index in [-0.39, 0.29) is 0 Å². The van der Waals surface area contributed by atoms with E-state index in [1.165, 1.54) is 16.0 Å². The SMILES string of the molecule is CNC(c1cccc(OC)c1)C1CSc2ccccc21. The van der Waals surface area contributed by atoms with E-state index in [0.29, 0.717) is 12.0 Å². The maximum absolute atomic E-state index is 5.35. The minimum Gasteiger partial charge on any atom is -0.497 e. The van der Waals surface area contributed by atoms with Crippen LogP contribution in [0.15, 0.2) is 53.4 Å². The van der Waals surface area contributed by atoms with Crippen molar-refractivity contribution in [1.29, 1.82) is 0 Å². The molecule has 1 N–H and O–H groups in total. The fourth-order valence-corrected chi connectivity index (χ4v) is 4.19. The zero-order valence-electron chi connectivity index (χ0n) is 11.8. The lowest BCUT2D eigenvalue weighted by Gasteiger charge is -2.24. The third-order valence-electron chi connectivity index (χ3n) is 3.90. The molecule has 0 aromatic heterocycles. The average Bonchev–Trinajstić information content (AvgIpc) is 2.93. The van der Waals surface area contributed by atoms with Crippen LogP contribution >= 0.6 is 11.8 Å². The van der Waals surface area contributed by atoms with E-state index in [9.17, 15) is 0 Å². The molecular formula is C17H19NOS. The molecule has 2 aromatic carbocycles. The number of rotatable bonds is 4. The zero-order valence-corrected chi connectivity index (χ0v) is 12.6. The highest BCUT2D eigenvalue weighted by molar-refractivity contribution is 7.99. The summed E-state index contributed by atoms with van der Waals surface area (Å²) in [5.41, 5.74) is 2.74. The highest BCUT2D eigenvalue weighted by Crippen LogP contribution is 2.45. The van der Waals surface area contributed by atoms with Gasteiger partial charge in [-0.2, -0.15) is 0 Å². The molecule has 20 heavy (non-hydrogen) atoms. The molecule has 104 valence electrons. The van der Waals surface area contributed by atoms with Gasteiger partial charge < -0.3 is 10.1 Å². The van der Waals surface area contributed by atoms with Crippen molar-refractivity contribution < 1.29 is 4.74 Å². The summed E-state index contributed by atoms with van der Waals surface area (Å²) in [6.45, 7) is 0. The van der Waals surface area contributed by atoms with E-state index in [4.69, 9.17) is 4.74 Å². The van der Waals surface area contributed by atoms with Gasteiger partial charge in [0, 0.05) is 22.6 Å². The first-order valence-electron chi connectivity index (χ1n) is 6.86. The van der Waals surface area contributed by atoms with Gasteiger partial charge >= 0.3 is 0 Å². The second kappa shape index (κ2) is 5.90. The Morgan fingerprint density at radius 2 is 2.05 bits per heavy atom.